The second-order valence-electron chi connectivity index (χ2n) is 4.32. The maximum atomic E-state index is 10.5. The lowest BCUT2D eigenvalue weighted by molar-refractivity contribution is -0.143. The normalized spacial score (nSPS) is 18.5. The minimum atomic E-state index is -0.921. The quantitative estimate of drug-likeness (QED) is 0.839. The smallest absolute Gasteiger partial charge is 0.329 e. The van der Waals surface area contributed by atoms with Gasteiger partial charge in [-0.15, -0.1) is 0 Å². The van der Waals surface area contributed by atoms with Gasteiger partial charge in [-0.05, 0) is 36.3 Å². The molecule has 0 fully saturated rings. The second-order valence-corrected chi connectivity index (χ2v) is 4.32. The van der Waals surface area contributed by atoms with Gasteiger partial charge in [0.2, 0.25) is 0 Å². The first-order valence-electron chi connectivity index (χ1n) is 5.77. The number of aliphatic carboxylic acids is 1. The molecule has 3 heteroatoms. The van der Waals surface area contributed by atoms with Gasteiger partial charge >= 0.3 is 5.97 Å². The van der Waals surface area contributed by atoms with E-state index in [1.54, 1.807) is 0 Å². The summed E-state index contributed by atoms with van der Waals surface area (Å²) in [6.07, 6.45) is 5.84. The molecule has 0 aliphatic heterocycles. The van der Waals surface area contributed by atoms with Gasteiger partial charge in [-0.25, -0.2) is 4.79 Å². The van der Waals surface area contributed by atoms with Crippen molar-refractivity contribution in [3.8, 4) is 0 Å². The molecule has 0 amide bonds. The van der Waals surface area contributed by atoms with Crippen molar-refractivity contribution in [1.29, 1.82) is 0 Å². The standard InChI is InChI=1S/C14H16O3/c1-10-5-6-12-8-13(17-9-14(15)16)4-2-3-11(12)7-10/h3,5-8,13H,2,4,9H2,1H3,(H,15,16). The number of hydrogen-bond donors (Lipinski definition) is 1. The zero-order chi connectivity index (χ0) is 12.3. The van der Waals surface area contributed by atoms with Crippen molar-refractivity contribution in [3.63, 3.8) is 0 Å². The number of benzene rings is 1. The van der Waals surface area contributed by atoms with Crippen LogP contribution in [0.25, 0.3) is 12.2 Å². The Balaban J connectivity index is 2.27. The van der Waals surface area contributed by atoms with Crippen molar-refractivity contribution < 1.29 is 14.6 Å². The van der Waals surface area contributed by atoms with Crippen LogP contribution < -0.4 is 10.4 Å². The van der Waals surface area contributed by atoms with E-state index >= 15 is 0 Å². The third-order valence-corrected chi connectivity index (χ3v) is 2.84. The molecule has 1 N–H and O–H groups in total. The molecule has 0 bridgehead atoms. The highest BCUT2D eigenvalue weighted by molar-refractivity contribution is 5.68. The Morgan fingerprint density at radius 2 is 2.29 bits per heavy atom. The second kappa shape index (κ2) is 5.15. The van der Waals surface area contributed by atoms with Crippen molar-refractivity contribution in [2.45, 2.75) is 25.9 Å². The number of fused-ring (bicyclic) bond motifs is 1. The highest BCUT2D eigenvalue weighted by Crippen LogP contribution is 2.06. The summed E-state index contributed by atoms with van der Waals surface area (Å²) in [5.41, 5.74) is 1.23. The molecule has 0 aromatic heterocycles. The summed E-state index contributed by atoms with van der Waals surface area (Å²) in [6.45, 7) is 1.83. The number of hydrogen-bond acceptors (Lipinski definition) is 2. The molecule has 17 heavy (non-hydrogen) atoms. The van der Waals surface area contributed by atoms with Crippen LogP contribution in [-0.4, -0.2) is 23.8 Å². The van der Waals surface area contributed by atoms with Crippen LogP contribution >= 0.6 is 0 Å². The van der Waals surface area contributed by atoms with Gasteiger partial charge in [-0.3, -0.25) is 0 Å². The summed E-state index contributed by atoms with van der Waals surface area (Å²) in [7, 11) is 0. The summed E-state index contributed by atoms with van der Waals surface area (Å²) in [5.74, 6) is -0.921. The maximum absolute atomic E-state index is 10.5. The average Bonchev–Trinajstić information content (AvgIpc) is 2.47. The minimum absolute atomic E-state index is 0.105. The van der Waals surface area contributed by atoms with Crippen LogP contribution in [0.15, 0.2) is 18.2 Å². The van der Waals surface area contributed by atoms with Crippen LogP contribution in [0.4, 0.5) is 0 Å². The summed E-state index contributed by atoms with van der Waals surface area (Å²) in [6, 6.07) is 6.26. The Bertz CT molecular complexity index is 531. The molecule has 1 aromatic rings. The molecule has 1 aliphatic rings. The number of ether oxygens (including phenoxy) is 1. The van der Waals surface area contributed by atoms with Gasteiger partial charge in [-0.1, -0.05) is 29.8 Å². The Morgan fingerprint density at radius 1 is 1.47 bits per heavy atom. The topological polar surface area (TPSA) is 46.5 Å². The zero-order valence-electron chi connectivity index (χ0n) is 9.85. The van der Waals surface area contributed by atoms with E-state index in [1.165, 1.54) is 10.8 Å². The third kappa shape index (κ3) is 3.17. The molecule has 1 unspecified atom stereocenters. The molecule has 1 atom stereocenters. The first-order chi connectivity index (χ1) is 8.15. The first-order valence-corrected chi connectivity index (χ1v) is 5.77. The molecule has 1 aliphatic carbocycles. The molecule has 0 spiro atoms. The monoisotopic (exact) mass is 232 g/mol. The fourth-order valence-corrected chi connectivity index (χ4v) is 2.02. The van der Waals surface area contributed by atoms with Crippen molar-refractivity contribution in [3.05, 3.63) is 34.2 Å². The SMILES string of the molecule is Cc1ccc2c(c1)=CCCC(OCC(=O)O)C=2. The Morgan fingerprint density at radius 3 is 3.06 bits per heavy atom. The molecule has 1 aromatic carbocycles. The number of carboxylic acid groups (broad SMARTS) is 1. The largest absolute Gasteiger partial charge is 0.480 e. The number of carboxylic acids is 1. The predicted octanol–water partition coefficient (Wildman–Crippen LogP) is 0.820. The van der Waals surface area contributed by atoms with Crippen LogP contribution in [0, 0.1) is 6.92 Å². The van der Waals surface area contributed by atoms with E-state index < -0.39 is 5.97 Å². The van der Waals surface area contributed by atoms with Gasteiger partial charge in [0.05, 0.1) is 6.10 Å². The van der Waals surface area contributed by atoms with E-state index in [1.807, 2.05) is 6.08 Å². The predicted molar refractivity (Wildman–Crippen MR) is 66.0 cm³/mol. The van der Waals surface area contributed by atoms with Crippen molar-refractivity contribution >= 4 is 18.1 Å². The Labute approximate surface area is 100 Å². The van der Waals surface area contributed by atoms with Gasteiger partial charge in [0.15, 0.2) is 0 Å². The van der Waals surface area contributed by atoms with E-state index in [9.17, 15) is 4.79 Å². The van der Waals surface area contributed by atoms with Crippen molar-refractivity contribution in [1.82, 2.24) is 0 Å². The Hall–Kier alpha value is -1.61. The number of aryl methyl sites for hydroxylation is 1. The minimum Gasteiger partial charge on any atom is -0.480 e. The lowest BCUT2D eigenvalue weighted by Crippen LogP contribution is -2.26. The fraction of sp³-hybridized carbons (Fsp3) is 0.357. The average molecular weight is 232 g/mol. The molecular weight excluding hydrogens is 216 g/mol. The number of rotatable bonds is 3. The van der Waals surface area contributed by atoms with Gasteiger partial charge in [-0.2, -0.15) is 0 Å². The highest BCUT2D eigenvalue weighted by Gasteiger charge is 2.09. The lowest BCUT2D eigenvalue weighted by atomic mass is 10.1. The Kier molecular flexibility index (Phi) is 3.59. The highest BCUT2D eigenvalue weighted by atomic mass is 16.5. The molecule has 2 rings (SSSR count). The van der Waals surface area contributed by atoms with E-state index in [4.69, 9.17) is 9.84 Å². The van der Waals surface area contributed by atoms with Crippen LogP contribution in [0.5, 0.6) is 0 Å². The summed E-state index contributed by atoms with van der Waals surface area (Å²) >= 11 is 0. The molecule has 90 valence electrons. The van der Waals surface area contributed by atoms with E-state index in [0.717, 1.165) is 18.1 Å². The molecule has 0 saturated carbocycles. The summed E-state index contributed by atoms with van der Waals surface area (Å²) < 4.78 is 5.34. The van der Waals surface area contributed by atoms with Gasteiger partial charge < -0.3 is 9.84 Å². The lowest BCUT2D eigenvalue weighted by Gasteiger charge is -2.10. The molecule has 0 saturated heterocycles. The first kappa shape index (κ1) is 11.9. The maximum Gasteiger partial charge on any atom is 0.329 e. The van der Waals surface area contributed by atoms with E-state index in [0.29, 0.717) is 0 Å². The van der Waals surface area contributed by atoms with E-state index in [2.05, 4.69) is 31.2 Å². The summed E-state index contributed by atoms with van der Waals surface area (Å²) in [5, 5.41) is 10.9. The molecule has 3 nitrogen and oxygen atoms in total. The van der Waals surface area contributed by atoms with Crippen molar-refractivity contribution in [2.24, 2.45) is 0 Å². The van der Waals surface area contributed by atoms with Crippen LogP contribution in [0.3, 0.4) is 0 Å². The zero-order valence-corrected chi connectivity index (χ0v) is 9.85. The molecule has 0 heterocycles. The summed E-state index contributed by atoms with van der Waals surface area (Å²) in [4.78, 5) is 10.5. The van der Waals surface area contributed by atoms with Crippen LogP contribution in [0.1, 0.15) is 18.4 Å². The van der Waals surface area contributed by atoms with E-state index in [-0.39, 0.29) is 12.7 Å². The van der Waals surface area contributed by atoms with Gasteiger partial charge in [0.25, 0.3) is 0 Å². The van der Waals surface area contributed by atoms with Crippen molar-refractivity contribution in [2.75, 3.05) is 6.61 Å². The van der Waals surface area contributed by atoms with Crippen LogP contribution in [0.2, 0.25) is 0 Å². The van der Waals surface area contributed by atoms with Gasteiger partial charge in [0, 0.05) is 0 Å². The molecule has 0 radical (unpaired) electrons. The molecular formula is C14H16O3. The van der Waals surface area contributed by atoms with Gasteiger partial charge in [0.1, 0.15) is 6.61 Å². The fourth-order valence-electron chi connectivity index (χ4n) is 2.02. The van der Waals surface area contributed by atoms with Crippen LogP contribution in [-0.2, 0) is 9.53 Å². The third-order valence-electron chi connectivity index (χ3n) is 2.84. The number of carbonyl (C=O) groups is 1.